The lowest BCUT2D eigenvalue weighted by molar-refractivity contribution is -0.117. The van der Waals surface area contributed by atoms with Gasteiger partial charge in [0.15, 0.2) is 0 Å². The summed E-state index contributed by atoms with van der Waals surface area (Å²) in [6.07, 6.45) is 1.26. The number of para-hydroxylation sites is 1. The highest BCUT2D eigenvalue weighted by Gasteiger charge is 2.19. The van der Waals surface area contributed by atoms with Gasteiger partial charge in [-0.25, -0.2) is 0 Å². The van der Waals surface area contributed by atoms with Crippen molar-refractivity contribution in [3.8, 4) is 0 Å². The van der Waals surface area contributed by atoms with Gasteiger partial charge in [0.2, 0.25) is 5.91 Å². The van der Waals surface area contributed by atoms with E-state index in [2.05, 4.69) is 10.2 Å². The largest absolute Gasteiger partial charge is 0.397 e. The molecule has 1 aromatic rings. The topological polar surface area (TPSA) is 78.6 Å². The van der Waals surface area contributed by atoms with Crippen LogP contribution in [0.4, 0.5) is 11.4 Å². The number of hydrogen-bond donors (Lipinski definition) is 3. The van der Waals surface area contributed by atoms with Gasteiger partial charge >= 0.3 is 0 Å². The third-order valence-electron chi connectivity index (χ3n) is 3.49. The number of rotatable bonds is 3. The van der Waals surface area contributed by atoms with Gasteiger partial charge in [0.1, 0.15) is 0 Å². The highest BCUT2D eigenvalue weighted by Crippen LogP contribution is 2.22. The lowest BCUT2D eigenvalue weighted by Gasteiger charge is -2.28. The van der Waals surface area contributed by atoms with Gasteiger partial charge in [-0.05, 0) is 31.4 Å². The fourth-order valence-electron chi connectivity index (χ4n) is 2.32. The van der Waals surface area contributed by atoms with Crippen LogP contribution in [0.15, 0.2) is 18.2 Å². The fraction of sp³-hybridized carbons (Fsp3) is 0.500. The molecule has 1 aliphatic rings. The van der Waals surface area contributed by atoms with E-state index in [0.29, 0.717) is 17.9 Å². The summed E-state index contributed by atoms with van der Waals surface area (Å²) in [6.45, 7) is 3.79. The monoisotopic (exact) mass is 263 g/mol. The lowest BCUT2D eigenvalue weighted by Crippen LogP contribution is -2.40. The number of piperidine rings is 1. The Balaban J connectivity index is 1.91. The maximum absolute atomic E-state index is 12.0. The Morgan fingerprint density at radius 1 is 1.47 bits per heavy atom. The third kappa shape index (κ3) is 3.68. The Morgan fingerprint density at radius 2 is 2.16 bits per heavy atom. The van der Waals surface area contributed by atoms with Crippen molar-refractivity contribution in [2.45, 2.75) is 25.9 Å². The number of aliphatic hydroxyl groups is 1. The second-order valence-electron chi connectivity index (χ2n) is 5.09. The van der Waals surface area contributed by atoms with Gasteiger partial charge in [0.25, 0.3) is 0 Å². The van der Waals surface area contributed by atoms with Gasteiger partial charge in [-0.2, -0.15) is 0 Å². The number of benzene rings is 1. The number of nitrogens with zero attached hydrogens (tertiary/aromatic N) is 1. The Labute approximate surface area is 113 Å². The highest BCUT2D eigenvalue weighted by molar-refractivity contribution is 5.96. The molecule has 0 aliphatic carbocycles. The van der Waals surface area contributed by atoms with Crippen LogP contribution in [0.25, 0.3) is 0 Å². The molecular weight excluding hydrogens is 242 g/mol. The molecule has 0 spiro atoms. The molecule has 5 heteroatoms. The van der Waals surface area contributed by atoms with Crippen molar-refractivity contribution in [2.75, 3.05) is 30.7 Å². The molecule has 1 heterocycles. The summed E-state index contributed by atoms with van der Waals surface area (Å²) in [5.41, 5.74) is 8.10. The first-order chi connectivity index (χ1) is 9.06. The van der Waals surface area contributed by atoms with E-state index in [4.69, 9.17) is 5.73 Å². The van der Waals surface area contributed by atoms with Crippen LogP contribution in [0.5, 0.6) is 0 Å². The number of hydrogen-bond acceptors (Lipinski definition) is 4. The van der Waals surface area contributed by atoms with E-state index in [0.717, 1.165) is 31.5 Å². The van der Waals surface area contributed by atoms with Crippen molar-refractivity contribution in [2.24, 2.45) is 0 Å². The molecule has 1 fully saturated rings. The molecule has 0 bridgehead atoms. The average molecular weight is 263 g/mol. The number of amides is 1. The SMILES string of the molecule is Cc1cccc(N)c1NC(=O)CN1CCC(O)CC1. The van der Waals surface area contributed by atoms with Gasteiger partial charge in [0, 0.05) is 13.1 Å². The standard InChI is InChI=1S/C14H21N3O2/c1-10-3-2-4-12(15)14(10)16-13(19)9-17-7-5-11(18)6-8-17/h2-4,11,18H,5-9,15H2,1H3,(H,16,19). The molecule has 0 atom stereocenters. The number of nitrogens with one attached hydrogen (secondary N) is 1. The van der Waals surface area contributed by atoms with Crippen LogP contribution in [0, 0.1) is 6.92 Å². The smallest absolute Gasteiger partial charge is 0.238 e. The van der Waals surface area contributed by atoms with Crippen molar-refractivity contribution in [3.63, 3.8) is 0 Å². The van der Waals surface area contributed by atoms with Gasteiger partial charge in [-0.15, -0.1) is 0 Å². The number of anilines is 2. The molecule has 0 unspecified atom stereocenters. The number of carbonyl (C=O) groups excluding carboxylic acids is 1. The van der Waals surface area contributed by atoms with E-state index < -0.39 is 0 Å². The summed E-state index contributed by atoms with van der Waals surface area (Å²) in [5.74, 6) is -0.0580. The summed E-state index contributed by atoms with van der Waals surface area (Å²) in [6, 6.07) is 5.56. The van der Waals surface area contributed by atoms with Crippen LogP contribution < -0.4 is 11.1 Å². The van der Waals surface area contributed by atoms with Crippen LogP contribution in [0.3, 0.4) is 0 Å². The predicted octanol–water partition coefficient (Wildman–Crippen LogP) is 0.972. The molecule has 1 aliphatic heterocycles. The zero-order chi connectivity index (χ0) is 13.8. The minimum absolute atomic E-state index is 0.0580. The first-order valence-corrected chi connectivity index (χ1v) is 6.61. The normalized spacial score (nSPS) is 17.4. The van der Waals surface area contributed by atoms with Crippen molar-refractivity contribution >= 4 is 17.3 Å². The number of carbonyl (C=O) groups is 1. The molecule has 104 valence electrons. The Bertz CT molecular complexity index is 434. The molecule has 2 rings (SSSR count). The zero-order valence-corrected chi connectivity index (χ0v) is 11.2. The minimum atomic E-state index is -0.216. The molecule has 0 radical (unpaired) electrons. The molecule has 1 saturated heterocycles. The number of aryl methyl sites for hydroxylation is 1. The number of aliphatic hydroxyl groups excluding tert-OH is 1. The minimum Gasteiger partial charge on any atom is -0.397 e. The lowest BCUT2D eigenvalue weighted by atomic mass is 10.1. The second kappa shape index (κ2) is 6.04. The number of nitrogens with two attached hydrogens (primary N) is 1. The first-order valence-electron chi connectivity index (χ1n) is 6.61. The summed E-state index contributed by atoms with van der Waals surface area (Å²) >= 11 is 0. The summed E-state index contributed by atoms with van der Waals surface area (Å²) in [4.78, 5) is 14.0. The maximum atomic E-state index is 12.0. The molecule has 0 saturated carbocycles. The van der Waals surface area contributed by atoms with Crippen molar-refractivity contribution in [1.82, 2.24) is 4.90 Å². The van der Waals surface area contributed by atoms with Crippen LogP contribution in [-0.4, -0.2) is 41.7 Å². The highest BCUT2D eigenvalue weighted by atomic mass is 16.3. The molecule has 0 aromatic heterocycles. The second-order valence-corrected chi connectivity index (χ2v) is 5.09. The van der Waals surface area contributed by atoms with Crippen molar-refractivity contribution < 1.29 is 9.90 Å². The van der Waals surface area contributed by atoms with Gasteiger partial charge < -0.3 is 16.2 Å². The summed E-state index contributed by atoms with van der Waals surface area (Å²) in [7, 11) is 0. The van der Waals surface area contributed by atoms with Gasteiger partial charge in [0.05, 0.1) is 24.0 Å². The van der Waals surface area contributed by atoms with Gasteiger partial charge in [-0.3, -0.25) is 9.69 Å². The maximum Gasteiger partial charge on any atom is 0.238 e. The molecular formula is C14H21N3O2. The van der Waals surface area contributed by atoms with Crippen LogP contribution >= 0.6 is 0 Å². The van der Waals surface area contributed by atoms with E-state index in [-0.39, 0.29) is 12.0 Å². The van der Waals surface area contributed by atoms with Crippen molar-refractivity contribution in [1.29, 1.82) is 0 Å². The molecule has 1 amide bonds. The quantitative estimate of drug-likeness (QED) is 0.710. The first kappa shape index (κ1) is 13.8. The summed E-state index contributed by atoms with van der Waals surface area (Å²) in [5, 5.41) is 12.3. The molecule has 5 nitrogen and oxygen atoms in total. The molecule has 1 aromatic carbocycles. The zero-order valence-electron chi connectivity index (χ0n) is 11.2. The summed E-state index contributed by atoms with van der Waals surface area (Å²) < 4.78 is 0. The molecule has 19 heavy (non-hydrogen) atoms. The molecule has 4 N–H and O–H groups in total. The fourth-order valence-corrected chi connectivity index (χ4v) is 2.32. The number of nitrogen functional groups attached to an aromatic ring is 1. The van der Waals surface area contributed by atoms with E-state index in [1.807, 2.05) is 19.1 Å². The van der Waals surface area contributed by atoms with E-state index >= 15 is 0 Å². The Morgan fingerprint density at radius 3 is 2.79 bits per heavy atom. The van der Waals surface area contributed by atoms with Crippen LogP contribution in [-0.2, 0) is 4.79 Å². The van der Waals surface area contributed by atoms with Crippen LogP contribution in [0.1, 0.15) is 18.4 Å². The predicted molar refractivity (Wildman–Crippen MR) is 75.9 cm³/mol. The van der Waals surface area contributed by atoms with E-state index in [9.17, 15) is 9.90 Å². The number of likely N-dealkylation sites (tertiary alicyclic amines) is 1. The Kier molecular flexibility index (Phi) is 4.39. The Hall–Kier alpha value is -1.59. The third-order valence-corrected chi connectivity index (χ3v) is 3.49. The average Bonchev–Trinajstić information content (AvgIpc) is 2.37. The van der Waals surface area contributed by atoms with Crippen molar-refractivity contribution in [3.05, 3.63) is 23.8 Å². The van der Waals surface area contributed by atoms with E-state index in [1.165, 1.54) is 0 Å². The van der Waals surface area contributed by atoms with Gasteiger partial charge in [-0.1, -0.05) is 12.1 Å². The van der Waals surface area contributed by atoms with Crippen LogP contribution in [0.2, 0.25) is 0 Å². The van der Waals surface area contributed by atoms with E-state index in [1.54, 1.807) is 6.07 Å².